The summed E-state index contributed by atoms with van der Waals surface area (Å²) >= 11 is 0. The van der Waals surface area contributed by atoms with Crippen molar-refractivity contribution in [3.8, 4) is 0 Å². The first-order valence-corrected chi connectivity index (χ1v) is 10.1. The van der Waals surface area contributed by atoms with Gasteiger partial charge in [-0.15, -0.1) is 0 Å². The number of benzene rings is 4. The van der Waals surface area contributed by atoms with Gasteiger partial charge in [-0.2, -0.15) is 0 Å². The summed E-state index contributed by atoms with van der Waals surface area (Å²) in [5.41, 5.74) is 4.62. The van der Waals surface area contributed by atoms with Gasteiger partial charge in [-0.1, -0.05) is 69.3 Å². The molecule has 4 aromatic rings. The molecule has 3 heteroatoms. The number of hydrogen-bond donors (Lipinski definition) is 1. The molecule has 0 atom stereocenters. The third-order valence-electron chi connectivity index (χ3n) is 5.37. The van der Waals surface area contributed by atoms with Crippen molar-refractivity contribution in [2.75, 3.05) is 4.90 Å². The van der Waals surface area contributed by atoms with Crippen LogP contribution in [0.25, 0.3) is 10.8 Å². The van der Waals surface area contributed by atoms with Gasteiger partial charge in [-0.3, -0.25) is 0 Å². The molecule has 0 spiro atoms. The SMILES string of the molecule is CC(C)(C)c1ccc(N(c2ccc(C(=O)O)cc2)c2cccc3ccccc23)cc1. The molecule has 150 valence electrons. The molecule has 0 aliphatic carbocycles. The highest BCUT2D eigenvalue weighted by molar-refractivity contribution is 5.99. The molecule has 30 heavy (non-hydrogen) atoms. The fraction of sp³-hybridized carbons (Fsp3) is 0.148. The van der Waals surface area contributed by atoms with Crippen molar-refractivity contribution < 1.29 is 9.90 Å². The minimum Gasteiger partial charge on any atom is -0.478 e. The first-order valence-electron chi connectivity index (χ1n) is 10.1. The van der Waals surface area contributed by atoms with Crippen molar-refractivity contribution in [2.24, 2.45) is 0 Å². The van der Waals surface area contributed by atoms with Gasteiger partial charge in [0.1, 0.15) is 0 Å². The molecule has 0 aliphatic rings. The van der Waals surface area contributed by atoms with Crippen LogP contribution >= 0.6 is 0 Å². The van der Waals surface area contributed by atoms with Crippen molar-refractivity contribution in [1.29, 1.82) is 0 Å². The number of carbonyl (C=O) groups is 1. The van der Waals surface area contributed by atoms with Crippen LogP contribution in [-0.2, 0) is 5.41 Å². The molecule has 1 N–H and O–H groups in total. The molecule has 0 saturated carbocycles. The monoisotopic (exact) mass is 395 g/mol. The van der Waals surface area contributed by atoms with Crippen molar-refractivity contribution in [2.45, 2.75) is 26.2 Å². The van der Waals surface area contributed by atoms with Crippen molar-refractivity contribution in [3.05, 3.63) is 102 Å². The van der Waals surface area contributed by atoms with Gasteiger partial charge in [-0.25, -0.2) is 4.79 Å². The molecule has 0 unspecified atom stereocenters. The van der Waals surface area contributed by atoms with Gasteiger partial charge in [0.2, 0.25) is 0 Å². The second-order valence-corrected chi connectivity index (χ2v) is 8.48. The molecule has 0 aromatic heterocycles. The minimum absolute atomic E-state index is 0.0753. The molecule has 0 aliphatic heterocycles. The van der Waals surface area contributed by atoms with E-state index in [-0.39, 0.29) is 11.0 Å². The molecular formula is C27H25NO2. The van der Waals surface area contributed by atoms with Crippen LogP contribution in [-0.4, -0.2) is 11.1 Å². The third kappa shape index (κ3) is 3.79. The van der Waals surface area contributed by atoms with Crippen LogP contribution in [0.3, 0.4) is 0 Å². The topological polar surface area (TPSA) is 40.5 Å². The Balaban J connectivity index is 1.90. The molecule has 3 nitrogen and oxygen atoms in total. The summed E-state index contributed by atoms with van der Waals surface area (Å²) in [6.45, 7) is 6.61. The second kappa shape index (κ2) is 7.68. The Labute approximate surface area is 177 Å². The Bertz CT molecular complexity index is 1180. The Hall–Kier alpha value is -3.59. The minimum atomic E-state index is -0.923. The predicted molar refractivity (Wildman–Crippen MR) is 124 cm³/mol. The van der Waals surface area contributed by atoms with E-state index in [0.717, 1.165) is 27.8 Å². The first-order chi connectivity index (χ1) is 14.3. The smallest absolute Gasteiger partial charge is 0.335 e. The van der Waals surface area contributed by atoms with E-state index < -0.39 is 5.97 Å². The van der Waals surface area contributed by atoms with Crippen LogP contribution in [0, 0.1) is 0 Å². The van der Waals surface area contributed by atoms with Gasteiger partial charge >= 0.3 is 5.97 Å². The number of hydrogen-bond acceptors (Lipinski definition) is 2. The Morgan fingerprint density at radius 2 is 1.30 bits per heavy atom. The molecule has 0 heterocycles. The van der Waals surface area contributed by atoms with Crippen molar-refractivity contribution >= 4 is 33.8 Å². The Morgan fingerprint density at radius 3 is 1.90 bits per heavy atom. The van der Waals surface area contributed by atoms with Gasteiger partial charge < -0.3 is 10.0 Å². The van der Waals surface area contributed by atoms with Crippen LogP contribution < -0.4 is 4.90 Å². The normalized spacial score (nSPS) is 11.4. The van der Waals surface area contributed by atoms with E-state index >= 15 is 0 Å². The number of nitrogens with zero attached hydrogens (tertiary/aromatic N) is 1. The van der Waals surface area contributed by atoms with E-state index in [1.165, 1.54) is 5.56 Å². The lowest BCUT2D eigenvalue weighted by Gasteiger charge is -2.28. The summed E-state index contributed by atoms with van der Waals surface area (Å²) in [6, 6.07) is 30.2. The Morgan fingerprint density at radius 1 is 0.733 bits per heavy atom. The number of anilines is 3. The highest BCUT2D eigenvalue weighted by Gasteiger charge is 2.18. The molecule has 0 amide bonds. The Kier molecular flexibility index (Phi) is 5.04. The molecule has 0 fully saturated rings. The molecule has 0 bridgehead atoms. The number of fused-ring (bicyclic) bond motifs is 1. The third-order valence-corrected chi connectivity index (χ3v) is 5.37. The fourth-order valence-corrected chi connectivity index (χ4v) is 3.69. The van der Waals surface area contributed by atoms with E-state index in [1.54, 1.807) is 12.1 Å². The molecular weight excluding hydrogens is 370 g/mol. The summed E-state index contributed by atoms with van der Waals surface area (Å²) in [6.07, 6.45) is 0. The van der Waals surface area contributed by atoms with Gasteiger partial charge in [0.25, 0.3) is 0 Å². The van der Waals surface area contributed by atoms with E-state index in [0.29, 0.717) is 0 Å². The van der Waals surface area contributed by atoms with Crippen LogP contribution in [0.15, 0.2) is 91.0 Å². The van der Waals surface area contributed by atoms with Crippen LogP contribution in [0.4, 0.5) is 17.1 Å². The summed E-state index contributed by atoms with van der Waals surface area (Å²) in [4.78, 5) is 13.5. The lowest BCUT2D eigenvalue weighted by molar-refractivity contribution is 0.0697. The quantitative estimate of drug-likeness (QED) is 0.394. The molecule has 0 radical (unpaired) electrons. The lowest BCUT2D eigenvalue weighted by atomic mass is 9.87. The maximum atomic E-state index is 11.3. The highest BCUT2D eigenvalue weighted by Crippen LogP contribution is 2.39. The lowest BCUT2D eigenvalue weighted by Crippen LogP contribution is -2.13. The first kappa shape index (κ1) is 19.7. The van der Waals surface area contributed by atoms with Crippen molar-refractivity contribution in [3.63, 3.8) is 0 Å². The number of aromatic carboxylic acids is 1. The van der Waals surface area contributed by atoms with Gasteiger partial charge in [0.15, 0.2) is 0 Å². The standard InChI is InChI=1S/C27H25NO2/c1-27(2,3)21-13-17-23(18-14-21)28(22-15-11-20(12-16-22)26(29)30)25-10-6-8-19-7-4-5-9-24(19)25/h4-18H,1-3H3,(H,29,30). The summed E-state index contributed by atoms with van der Waals surface area (Å²) in [5, 5.41) is 11.6. The summed E-state index contributed by atoms with van der Waals surface area (Å²) in [5.74, 6) is -0.923. The van der Waals surface area contributed by atoms with Crippen LogP contribution in [0.1, 0.15) is 36.7 Å². The largest absolute Gasteiger partial charge is 0.478 e. The van der Waals surface area contributed by atoms with E-state index in [2.05, 4.69) is 80.3 Å². The molecule has 4 aromatic carbocycles. The highest BCUT2D eigenvalue weighted by atomic mass is 16.4. The van der Waals surface area contributed by atoms with Crippen LogP contribution in [0.2, 0.25) is 0 Å². The number of carboxylic acid groups (broad SMARTS) is 1. The average Bonchev–Trinajstić information content (AvgIpc) is 2.74. The van der Waals surface area contributed by atoms with Gasteiger partial charge in [0, 0.05) is 16.8 Å². The zero-order chi connectivity index (χ0) is 21.3. The zero-order valence-electron chi connectivity index (χ0n) is 17.5. The van der Waals surface area contributed by atoms with Crippen LogP contribution in [0.5, 0.6) is 0 Å². The zero-order valence-corrected chi connectivity index (χ0v) is 17.5. The van der Waals surface area contributed by atoms with E-state index in [9.17, 15) is 9.90 Å². The maximum Gasteiger partial charge on any atom is 0.335 e. The average molecular weight is 396 g/mol. The fourth-order valence-electron chi connectivity index (χ4n) is 3.69. The molecule has 0 saturated heterocycles. The second-order valence-electron chi connectivity index (χ2n) is 8.48. The predicted octanol–water partition coefficient (Wildman–Crippen LogP) is 7.31. The van der Waals surface area contributed by atoms with Gasteiger partial charge in [0.05, 0.1) is 11.3 Å². The summed E-state index contributed by atoms with van der Waals surface area (Å²) in [7, 11) is 0. The van der Waals surface area contributed by atoms with Crippen molar-refractivity contribution in [1.82, 2.24) is 0 Å². The van der Waals surface area contributed by atoms with E-state index in [1.807, 2.05) is 24.3 Å². The number of rotatable bonds is 4. The maximum absolute atomic E-state index is 11.3. The molecule has 4 rings (SSSR count). The van der Waals surface area contributed by atoms with Gasteiger partial charge in [-0.05, 0) is 58.8 Å². The van der Waals surface area contributed by atoms with E-state index in [4.69, 9.17) is 0 Å². The number of carboxylic acids is 1. The summed E-state index contributed by atoms with van der Waals surface area (Å²) < 4.78 is 0.